The molecule has 1 saturated heterocycles. The van der Waals surface area contributed by atoms with Gasteiger partial charge in [0.2, 0.25) is 0 Å². The standard InChI is InChI=1S/C13H24N2O2/c1-17-13(16)7-9-15-8-3-2-4-12(15)10-14-11-5-6-11/h11-12,14H,2-10H2,1H3. The normalized spacial score (nSPS) is 25.8. The van der Waals surface area contributed by atoms with Crippen LogP contribution in [-0.2, 0) is 9.53 Å². The van der Waals surface area contributed by atoms with E-state index in [2.05, 4.69) is 10.2 Å². The summed E-state index contributed by atoms with van der Waals surface area (Å²) in [4.78, 5) is 13.6. The summed E-state index contributed by atoms with van der Waals surface area (Å²) >= 11 is 0. The number of ether oxygens (including phenoxy) is 1. The molecule has 2 aliphatic rings. The first-order chi connectivity index (χ1) is 8.29. The first kappa shape index (κ1) is 12.8. The third-order valence-electron chi connectivity index (χ3n) is 3.80. The molecule has 1 unspecified atom stereocenters. The summed E-state index contributed by atoms with van der Waals surface area (Å²) in [6, 6.07) is 1.40. The molecule has 2 fully saturated rings. The van der Waals surface area contributed by atoms with Crippen LogP contribution in [0.2, 0.25) is 0 Å². The molecular formula is C13H24N2O2. The number of carbonyl (C=O) groups excluding carboxylic acids is 1. The Morgan fingerprint density at radius 1 is 1.35 bits per heavy atom. The maximum Gasteiger partial charge on any atom is 0.306 e. The average Bonchev–Trinajstić information content (AvgIpc) is 3.18. The van der Waals surface area contributed by atoms with Crippen molar-refractivity contribution in [3.8, 4) is 0 Å². The summed E-state index contributed by atoms with van der Waals surface area (Å²) in [6.07, 6.45) is 7.06. The molecule has 1 N–H and O–H groups in total. The number of hydrogen-bond donors (Lipinski definition) is 1. The average molecular weight is 240 g/mol. The number of methoxy groups -OCH3 is 1. The molecule has 98 valence electrons. The van der Waals surface area contributed by atoms with Crippen LogP contribution in [0.3, 0.4) is 0 Å². The van der Waals surface area contributed by atoms with Gasteiger partial charge < -0.3 is 10.1 Å². The second-order valence-corrected chi connectivity index (χ2v) is 5.19. The van der Waals surface area contributed by atoms with Gasteiger partial charge in [-0.05, 0) is 32.2 Å². The van der Waals surface area contributed by atoms with Crippen LogP contribution in [0.15, 0.2) is 0 Å². The van der Waals surface area contributed by atoms with Crippen molar-refractivity contribution >= 4 is 5.97 Å². The summed E-state index contributed by atoms with van der Waals surface area (Å²) < 4.78 is 4.70. The van der Waals surface area contributed by atoms with Crippen molar-refractivity contribution in [3.05, 3.63) is 0 Å². The first-order valence-corrected chi connectivity index (χ1v) is 6.84. The van der Waals surface area contributed by atoms with Crippen LogP contribution in [0.1, 0.15) is 38.5 Å². The van der Waals surface area contributed by atoms with Crippen molar-refractivity contribution in [1.29, 1.82) is 0 Å². The lowest BCUT2D eigenvalue weighted by atomic mass is 10.0. The van der Waals surface area contributed by atoms with E-state index >= 15 is 0 Å². The van der Waals surface area contributed by atoms with Gasteiger partial charge in [0.25, 0.3) is 0 Å². The molecule has 1 heterocycles. The van der Waals surface area contributed by atoms with E-state index in [1.54, 1.807) is 0 Å². The zero-order valence-corrected chi connectivity index (χ0v) is 10.8. The largest absolute Gasteiger partial charge is 0.469 e. The van der Waals surface area contributed by atoms with Gasteiger partial charge in [-0.15, -0.1) is 0 Å². The first-order valence-electron chi connectivity index (χ1n) is 6.84. The van der Waals surface area contributed by atoms with Gasteiger partial charge >= 0.3 is 5.97 Å². The molecule has 0 aromatic rings. The van der Waals surface area contributed by atoms with Crippen molar-refractivity contribution in [1.82, 2.24) is 10.2 Å². The van der Waals surface area contributed by atoms with Gasteiger partial charge in [-0.3, -0.25) is 9.69 Å². The van der Waals surface area contributed by atoms with Crippen molar-refractivity contribution in [2.75, 3.05) is 26.7 Å². The predicted octanol–water partition coefficient (Wildman–Crippen LogP) is 1.16. The number of likely N-dealkylation sites (tertiary alicyclic amines) is 1. The third-order valence-corrected chi connectivity index (χ3v) is 3.80. The SMILES string of the molecule is COC(=O)CCN1CCCCC1CNC1CC1. The second-order valence-electron chi connectivity index (χ2n) is 5.19. The minimum atomic E-state index is -0.0931. The quantitative estimate of drug-likeness (QED) is 0.707. The van der Waals surface area contributed by atoms with Crippen LogP contribution < -0.4 is 5.32 Å². The van der Waals surface area contributed by atoms with E-state index in [1.807, 2.05) is 0 Å². The Balaban J connectivity index is 1.72. The summed E-state index contributed by atoms with van der Waals surface area (Å²) in [5.74, 6) is -0.0931. The summed E-state index contributed by atoms with van der Waals surface area (Å²) in [6.45, 7) is 3.07. The Labute approximate surface area is 104 Å². The maximum absolute atomic E-state index is 11.2. The van der Waals surface area contributed by atoms with E-state index in [1.165, 1.54) is 39.2 Å². The van der Waals surface area contributed by atoms with Gasteiger partial charge in [-0.25, -0.2) is 0 Å². The Morgan fingerprint density at radius 2 is 2.18 bits per heavy atom. The van der Waals surface area contributed by atoms with E-state index in [9.17, 15) is 4.79 Å². The lowest BCUT2D eigenvalue weighted by Gasteiger charge is -2.35. The number of piperidine rings is 1. The Bertz CT molecular complexity index is 254. The Kier molecular flexibility index (Phi) is 4.80. The molecule has 4 heteroatoms. The second kappa shape index (κ2) is 6.36. The monoisotopic (exact) mass is 240 g/mol. The summed E-state index contributed by atoms with van der Waals surface area (Å²) in [7, 11) is 1.46. The Morgan fingerprint density at radius 3 is 2.88 bits per heavy atom. The summed E-state index contributed by atoms with van der Waals surface area (Å²) in [5, 5.41) is 3.60. The van der Waals surface area contributed by atoms with E-state index in [-0.39, 0.29) is 5.97 Å². The van der Waals surface area contributed by atoms with Gasteiger partial charge in [-0.1, -0.05) is 6.42 Å². The van der Waals surface area contributed by atoms with Gasteiger partial charge in [0, 0.05) is 25.2 Å². The minimum absolute atomic E-state index is 0.0931. The fraction of sp³-hybridized carbons (Fsp3) is 0.923. The molecule has 0 radical (unpaired) electrons. The molecule has 0 aromatic carbocycles. The molecule has 1 saturated carbocycles. The number of rotatable bonds is 6. The van der Waals surface area contributed by atoms with E-state index in [4.69, 9.17) is 4.74 Å². The third kappa shape index (κ3) is 4.28. The van der Waals surface area contributed by atoms with Crippen LogP contribution in [-0.4, -0.2) is 49.7 Å². The van der Waals surface area contributed by atoms with Crippen molar-refractivity contribution in [2.45, 2.75) is 50.6 Å². The minimum Gasteiger partial charge on any atom is -0.469 e. The highest BCUT2D eigenvalue weighted by Crippen LogP contribution is 2.21. The number of nitrogens with one attached hydrogen (secondary N) is 1. The Hall–Kier alpha value is -0.610. The van der Waals surface area contributed by atoms with Crippen LogP contribution in [0, 0.1) is 0 Å². The fourth-order valence-corrected chi connectivity index (χ4v) is 2.51. The number of nitrogens with zero attached hydrogens (tertiary/aromatic N) is 1. The highest BCUT2D eigenvalue weighted by atomic mass is 16.5. The van der Waals surface area contributed by atoms with Crippen molar-refractivity contribution < 1.29 is 9.53 Å². The molecule has 17 heavy (non-hydrogen) atoms. The maximum atomic E-state index is 11.2. The molecular weight excluding hydrogens is 216 g/mol. The van der Waals surface area contributed by atoms with Crippen molar-refractivity contribution in [2.24, 2.45) is 0 Å². The molecule has 1 atom stereocenters. The zero-order chi connectivity index (χ0) is 12.1. The number of carbonyl (C=O) groups is 1. The van der Waals surface area contributed by atoms with Gasteiger partial charge in [0.1, 0.15) is 0 Å². The fourth-order valence-electron chi connectivity index (χ4n) is 2.51. The molecule has 0 aromatic heterocycles. The smallest absolute Gasteiger partial charge is 0.306 e. The van der Waals surface area contributed by atoms with Crippen molar-refractivity contribution in [3.63, 3.8) is 0 Å². The molecule has 4 nitrogen and oxygen atoms in total. The van der Waals surface area contributed by atoms with Gasteiger partial charge in [-0.2, -0.15) is 0 Å². The lowest BCUT2D eigenvalue weighted by Crippen LogP contribution is -2.46. The molecule has 2 rings (SSSR count). The van der Waals surface area contributed by atoms with E-state index < -0.39 is 0 Å². The van der Waals surface area contributed by atoms with Gasteiger partial charge in [0.15, 0.2) is 0 Å². The van der Waals surface area contributed by atoms with Crippen LogP contribution in [0.25, 0.3) is 0 Å². The number of esters is 1. The molecule has 0 amide bonds. The van der Waals surface area contributed by atoms with E-state index in [0.29, 0.717) is 12.5 Å². The van der Waals surface area contributed by atoms with E-state index in [0.717, 1.165) is 25.7 Å². The van der Waals surface area contributed by atoms with Crippen LogP contribution in [0.4, 0.5) is 0 Å². The van der Waals surface area contributed by atoms with Gasteiger partial charge in [0.05, 0.1) is 13.5 Å². The highest BCUT2D eigenvalue weighted by Gasteiger charge is 2.26. The zero-order valence-electron chi connectivity index (χ0n) is 10.8. The number of hydrogen-bond acceptors (Lipinski definition) is 4. The molecule has 1 aliphatic heterocycles. The predicted molar refractivity (Wildman–Crippen MR) is 66.9 cm³/mol. The molecule has 0 spiro atoms. The van der Waals surface area contributed by atoms with Crippen LogP contribution in [0.5, 0.6) is 0 Å². The highest BCUT2D eigenvalue weighted by molar-refractivity contribution is 5.69. The molecule has 1 aliphatic carbocycles. The summed E-state index contributed by atoms with van der Waals surface area (Å²) in [5.41, 5.74) is 0. The van der Waals surface area contributed by atoms with Crippen LogP contribution >= 0.6 is 0 Å². The topological polar surface area (TPSA) is 41.6 Å². The molecule has 0 bridgehead atoms. The lowest BCUT2D eigenvalue weighted by molar-refractivity contribution is -0.141.